The number of rotatable bonds is 5. The van der Waals surface area contributed by atoms with Crippen LogP contribution in [0, 0.1) is 12.7 Å². The van der Waals surface area contributed by atoms with E-state index in [1.807, 2.05) is 6.07 Å². The van der Waals surface area contributed by atoms with E-state index in [1.54, 1.807) is 7.05 Å². The maximum absolute atomic E-state index is 13.5. The van der Waals surface area contributed by atoms with Crippen LogP contribution in [0.5, 0.6) is 0 Å². The average Bonchev–Trinajstić information content (AvgIpc) is 2.41. The summed E-state index contributed by atoms with van der Waals surface area (Å²) in [6.07, 6.45) is 1.98. The summed E-state index contributed by atoms with van der Waals surface area (Å²) in [5.74, 6) is 0.190. The van der Waals surface area contributed by atoms with E-state index in [4.69, 9.17) is 0 Å². The Morgan fingerprint density at radius 3 is 2.89 bits per heavy atom. The molecule has 1 aromatic carbocycles. The monoisotopic (exact) mass is 260 g/mol. The van der Waals surface area contributed by atoms with Crippen molar-refractivity contribution in [2.75, 3.05) is 24.2 Å². The van der Waals surface area contributed by atoms with Crippen molar-refractivity contribution in [2.24, 2.45) is 0 Å². The Morgan fingerprint density at radius 2 is 2.16 bits per heavy atom. The van der Waals surface area contributed by atoms with Gasteiger partial charge in [0.05, 0.1) is 6.20 Å². The van der Waals surface area contributed by atoms with Crippen LogP contribution in [0.15, 0.2) is 30.5 Å². The quantitative estimate of drug-likeness (QED) is 0.867. The molecule has 0 radical (unpaired) electrons. The van der Waals surface area contributed by atoms with Crippen molar-refractivity contribution >= 4 is 11.8 Å². The summed E-state index contributed by atoms with van der Waals surface area (Å²) in [5.41, 5.74) is 2.44. The Balaban J connectivity index is 1.95. The van der Waals surface area contributed by atoms with Gasteiger partial charge >= 0.3 is 0 Å². The first-order valence-electron chi connectivity index (χ1n) is 6.19. The summed E-state index contributed by atoms with van der Waals surface area (Å²) in [6, 6.07) is 8.26. The fourth-order valence-electron chi connectivity index (χ4n) is 1.80. The lowest BCUT2D eigenvalue weighted by molar-refractivity contribution is 0.617. The van der Waals surface area contributed by atoms with Crippen LogP contribution in [-0.4, -0.2) is 23.6 Å². The fourth-order valence-corrected chi connectivity index (χ4v) is 1.80. The molecule has 0 spiro atoms. The molecule has 0 amide bonds. The van der Waals surface area contributed by atoms with Crippen molar-refractivity contribution < 1.29 is 4.39 Å². The molecule has 100 valence electrons. The van der Waals surface area contributed by atoms with Crippen LogP contribution in [0.25, 0.3) is 0 Å². The van der Waals surface area contributed by atoms with Gasteiger partial charge in [-0.05, 0) is 18.9 Å². The van der Waals surface area contributed by atoms with Gasteiger partial charge in [0.15, 0.2) is 11.6 Å². The summed E-state index contributed by atoms with van der Waals surface area (Å²) in [7, 11) is 1.70. The van der Waals surface area contributed by atoms with Gasteiger partial charge < -0.3 is 10.6 Å². The maximum Gasteiger partial charge on any atom is 0.224 e. The summed E-state index contributed by atoms with van der Waals surface area (Å²) in [6.45, 7) is 2.68. The van der Waals surface area contributed by atoms with Gasteiger partial charge in [0.1, 0.15) is 0 Å². The van der Waals surface area contributed by atoms with Crippen LogP contribution >= 0.6 is 0 Å². The molecule has 0 unspecified atom stereocenters. The van der Waals surface area contributed by atoms with Gasteiger partial charge in [-0.3, -0.25) is 0 Å². The highest BCUT2D eigenvalue weighted by atomic mass is 19.1. The number of halogens is 1. The Bertz CT molecular complexity index is 557. The zero-order chi connectivity index (χ0) is 13.7. The molecule has 0 fully saturated rings. The molecule has 2 rings (SSSR count). The zero-order valence-electron chi connectivity index (χ0n) is 11.1. The van der Waals surface area contributed by atoms with Crippen molar-refractivity contribution in [3.8, 4) is 0 Å². The van der Waals surface area contributed by atoms with Crippen LogP contribution in [0.3, 0.4) is 0 Å². The second-order valence-electron chi connectivity index (χ2n) is 4.31. The van der Waals surface area contributed by atoms with E-state index < -0.39 is 5.82 Å². The average molecular weight is 260 g/mol. The van der Waals surface area contributed by atoms with Gasteiger partial charge in [-0.2, -0.15) is 4.98 Å². The second kappa shape index (κ2) is 6.13. The highest BCUT2D eigenvalue weighted by Crippen LogP contribution is 2.12. The molecule has 0 bridgehead atoms. The molecule has 19 heavy (non-hydrogen) atoms. The van der Waals surface area contributed by atoms with E-state index in [9.17, 15) is 4.39 Å². The zero-order valence-corrected chi connectivity index (χ0v) is 11.1. The number of benzene rings is 1. The van der Waals surface area contributed by atoms with Crippen LogP contribution in [-0.2, 0) is 6.42 Å². The third-order valence-corrected chi connectivity index (χ3v) is 2.76. The van der Waals surface area contributed by atoms with E-state index in [0.717, 1.165) is 12.6 Å². The predicted octanol–water partition coefficient (Wildman–Crippen LogP) is 2.62. The first-order valence-corrected chi connectivity index (χ1v) is 6.19. The number of aryl methyl sites for hydroxylation is 1. The number of hydrogen-bond donors (Lipinski definition) is 2. The third-order valence-electron chi connectivity index (χ3n) is 2.76. The van der Waals surface area contributed by atoms with Crippen molar-refractivity contribution in [1.29, 1.82) is 0 Å². The predicted molar refractivity (Wildman–Crippen MR) is 74.9 cm³/mol. The van der Waals surface area contributed by atoms with Crippen molar-refractivity contribution in [2.45, 2.75) is 13.3 Å². The molecule has 5 heteroatoms. The molecule has 0 aliphatic heterocycles. The summed E-state index contributed by atoms with van der Waals surface area (Å²) in [5, 5.41) is 5.77. The minimum Gasteiger partial charge on any atom is -0.367 e. The molecule has 2 N–H and O–H groups in total. The minimum absolute atomic E-state index is 0.229. The smallest absolute Gasteiger partial charge is 0.224 e. The van der Waals surface area contributed by atoms with Gasteiger partial charge in [-0.25, -0.2) is 9.37 Å². The first-order chi connectivity index (χ1) is 9.19. The van der Waals surface area contributed by atoms with Crippen molar-refractivity contribution in [3.63, 3.8) is 0 Å². The lowest BCUT2D eigenvalue weighted by Gasteiger charge is -2.08. The molecule has 0 aliphatic rings. The fraction of sp³-hybridized carbons (Fsp3) is 0.286. The first kappa shape index (κ1) is 13.3. The normalized spacial score (nSPS) is 10.3. The second-order valence-corrected chi connectivity index (χ2v) is 4.31. The number of anilines is 2. The van der Waals surface area contributed by atoms with Crippen LogP contribution in [0.1, 0.15) is 11.1 Å². The van der Waals surface area contributed by atoms with E-state index in [1.165, 1.54) is 11.1 Å². The van der Waals surface area contributed by atoms with Gasteiger partial charge in [0.25, 0.3) is 0 Å². The van der Waals surface area contributed by atoms with E-state index in [2.05, 4.69) is 45.7 Å². The van der Waals surface area contributed by atoms with Gasteiger partial charge in [0.2, 0.25) is 5.95 Å². The molecule has 0 saturated heterocycles. The largest absolute Gasteiger partial charge is 0.367 e. The van der Waals surface area contributed by atoms with Crippen molar-refractivity contribution in [3.05, 3.63) is 47.4 Å². The number of aromatic nitrogens is 2. The Kier molecular flexibility index (Phi) is 4.28. The topological polar surface area (TPSA) is 49.8 Å². The number of nitrogens with one attached hydrogen (secondary N) is 2. The SMILES string of the molecule is CNc1ncc(F)c(NCCc2cccc(C)c2)n1. The van der Waals surface area contributed by atoms with Crippen LogP contribution in [0.4, 0.5) is 16.2 Å². The Morgan fingerprint density at radius 1 is 1.32 bits per heavy atom. The third kappa shape index (κ3) is 3.64. The van der Waals surface area contributed by atoms with E-state index >= 15 is 0 Å². The maximum atomic E-state index is 13.5. The molecular weight excluding hydrogens is 243 g/mol. The summed E-state index contributed by atoms with van der Waals surface area (Å²) >= 11 is 0. The summed E-state index contributed by atoms with van der Waals surface area (Å²) < 4.78 is 13.5. The summed E-state index contributed by atoms with van der Waals surface area (Å²) in [4.78, 5) is 7.83. The van der Waals surface area contributed by atoms with Gasteiger partial charge in [0, 0.05) is 13.6 Å². The van der Waals surface area contributed by atoms with Crippen LogP contribution < -0.4 is 10.6 Å². The highest BCUT2D eigenvalue weighted by molar-refractivity contribution is 5.40. The number of hydrogen-bond acceptors (Lipinski definition) is 4. The lowest BCUT2D eigenvalue weighted by atomic mass is 10.1. The van der Waals surface area contributed by atoms with Gasteiger partial charge in [-0.15, -0.1) is 0 Å². The van der Waals surface area contributed by atoms with Crippen molar-refractivity contribution in [1.82, 2.24) is 9.97 Å². The molecule has 0 saturated carbocycles. The highest BCUT2D eigenvalue weighted by Gasteiger charge is 2.05. The van der Waals surface area contributed by atoms with E-state index in [-0.39, 0.29) is 5.82 Å². The van der Waals surface area contributed by atoms with Crippen LogP contribution in [0.2, 0.25) is 0 Å². The minimum atomic E-state index is -0.441. The Labute approximate surface area is 112 Å². The molecular formula is C14H17FN4. The van der Waals surface area contributed by atoms with E-state index in [0.29, 0.717) is 12.5 Å². The number of nitrogens with zero attached hydrogens (tertiary/aromatic N) is 2. The molecule has 1 heterocycles. The Hall–Kier alpha value is -2.17. The molecule has 2 aromatic rings. The molecule has 0 aliphatic carbocycles. The molecule has 1 aromatic heterocycles. The molecule has 0 atom stereocenters. The molecule has 4 nitrogen and oxygen atoms in total. The standard InChI is InChI=1S/C14H17FN4/c1-10-4-3-5-11(8-10)6-7-17-13-12(15)9-18-14(16-2)19-13/h3-5,8-9H,6-7H2,1-2H3,(H2,16,17,18,19). The lowest BCUT2D eigenvalue weighted by Crippen LogP contribution is -2.10. The van der Waals surface area contributed by atoms with Gasteiger partial charge in [-0.1, -0.05) is 29.8 Å².